The van der Waals surface area contributed by atoms with Gasteiger partial charge in [-0.05, 0) is 127 Å². The third kappa shape index (κ3) is 8.51. The molecule has 0 N–H and O–H groups in total. The van der Waals surface area contributed by atoms with Crippen molar-refractivity contribution in [1.29, 1.82) is 0 Å². The van der Waals surface area contributed by atoms with E-state index in [1.54, 1.807) is 6.07 Å². The summed E-state index contributed by atoms with van der Waals surface area (Å²) in [4.78, 5) is 0. The zero-order valence-corrected chi connectivity index (χ0v) is 22.9. The van der Waals surface area contributed by atoms with E-state index >= 15 is 0 Å². The fourth-order valence-electron chi connectivity index (χ4n) is 4.30. The van der Waals surface area contributed by atoms with Gasteiger partial charge in [-0.25, -0.2) is 4.39 Å². The van der Waals surface area contributed by atoms with Crippen LogP contribution in [0.5, 0.6) is 0 Å². The Morgan fingerprint density at radius 3 is 2.31 bits per heavy atom. The minimum atomic E-state index is -0.160. The molecule has 0 atom stereocenters. The van der Waals surface area contributed by atoms with Crippen molar-refractivity contribution in [2.75, 3.05) is 0 Å². The zero-order valence-electron chi connectivity index (χ0n) is 22.1. The first-order valence-electron chi connectivity index (χ1n) is 12.6. The predicted octanol–water partition coefficient (Wildman–Crippen LogP) is 10.8. The quantitative estimate of drug-likeness (QED) is 0.322. The first kappa shape index (κ1) is 28.6. The maximum absolute atomic E-state index is 13.7. The molecular weight excluding hydrogens is 451 g/mol. The molecular formula is C33H40ClF. The Bertz CT molecular complexity index is 1130. The number of hydrogen-bond acceptors (Lipinski definition) is 0. The molecule has 2 aromatic rings. The molecule has 1 aliphatic rings. The van der Waals surface area contributed by atoms with Crippen LogP contribution in [0.15, 0.2) is 95.6 Å². The maximum atomic E-state index is 13.7. The summed E-state index contributed by atoms with van der Waals surface area (Å²) >= 11 is 5.67. The normalized spacial score (nSPS) is 14.0. The van der Waals surface area contributed by atoms with Crippen LogP contribution < -0.4 is 0 Å². The number of hydrogen-bond donors (Lipinski definition) is 0. The highest BCUT2D eigenvalue weighted by Gasteiger charge is 2.19. The van der Waals surface area contributed by atoms with Gasteiger partial charge >= 0.3 is 0 Å². The van der Waals surface area contributed by atoms with Gasteiger partial charge in [-0.1, -0.05) is 75.4 Å². The van der Waals surface area contributed by atoms with Gasteiger partial charge in [-0.15, -0.1) is 0 Å². The van der Waals surface area contributed by atoms with E-state index in [1.807, 2.05) is 30.3 Å². The Morgan fingerprint density at radius 2 is 1.69 bits per heavy atom. The Labute approximate surface area is 217 Å². The molecule has 3 rings (SSSR count). The monoisotopic (exact) mass is 490 g/mol. The molecule has 0 aliphatic heterocycles. The minimum absolute atomic E-state index is 0.160. The van der Waals surface area contributed by atoms with Gasteiger partial charge in [0.2, 0.25) is 0 Å². The Hall–Kier alpha value is -2.64. The molecule has 0 heterocycles. The summed E-state index contributed by atoms with van der Waals surface area (Å²) in [5, 5.41) is 0.812. The van der Waals surface area contributed by atoms with Crippen molar-refractivity contribution in [1.82, 2.24) is 0 Å². The molecule has 0 unspecified atom stereocenters. The molecule has 0 fully saturated rings. The topological polar surface area (TPSA) is 0 Å². The maximum Gasteiger partial charge on any atom is 0.123 e. The lowest BCUT2D eigenvalue weighted by Gasteiger charge is -2.12. The summed E-state index contributed by atoms with van der Waals surface area (Å²) in [5.74, 6) is -0.160. The number of aryl methyl sites for hydroxylation is 2. The minimum Gasteiger partial charge on any atom is -0.207 e. The Morgan fingerprint density at radius 1 is 1.00 bits per heavy atom. The van der Waals surface area contributed by atoms with Gasteiger partial charge in [0.1, 0.15) is 5.82 Å². The Kier molecular flexibility index (Phi) is 11.5. The summed E-state index contributed by atoms with van der Waals surface area (Å²) in [7, 11) is 0. The second-order valence-electron chi connectivity index (χ2n) is 9.28. The smallest absolute Gasteiger partial charge is 0.123 e. The van der Waals surface area contributed by atoms with E-state index in [2.05, 4.69) is 59.9 Å². The van der Waals surface area contributed by atoms with Crippen molar-refractivity contribution in [3.8, 4) is 0 Å². The SMILES string of the molecule is C=C(CCC)C(=C)/C(C)=C\C=C(/C)C1=C(c2cc(F)ccc2C)CCC1.CCc1ccc(Cl)cc1. The summed E-state index contributed by atoms with van der Waals surface area (Å²) in [6.07, 6.45) is 10.7. The Balaban J connectivity index is 0.000000402. The molecule has 0 saturated carbocycles. The second-order valence-corrected chi connectivity index (χ2v) is 9.72. The van der Waals surface area contributed by atoms with Crippen molar-refractivity contribution in [3.63, 3.8) is 0 Å². The van der Waals surface area contributed by atoms with Crippen molar-refractivity contribution < 1.29 is 4.39 Å². The summed E-state index contributed by atoms with van der Waals surface area (Å²) in [5.41, 5.74) is 10.8. The second kappa shape index (κ2) is 14.0. The van der Waals surface area contributed by atoms with E-state index in [0.29, 0.717) is 0 Å². The van der Waals surface area contributed by atoms with Crippen LogP contribution in [0.1, 0.15) is 76.5 Å². The summed E-state index contributed by atoms with van der Waals surface area (Å²) < 4.78 is 13.7. The van der Waals surface area contributed by atoms with Crippen molar-refractivity contribution >= 4 is 17.2 Å². The van der Waals surface area contributed by atoms with Crippen molar-refractivity contribution in [2.24, 2.45) is 0 Å². The van der Waals surface area contributed by atoms with Gasteiger partial charge in [0.25, 0.3) is 0 Å². The molecule has 0 nitrogen and oxygen atoms in total. The van der Waals surface area contributed by atoms with E-state index in [1.165, 1.54) is 28.3 Å². The molecule has 2 heteroatoms. The highest BCUT2D eigenvalue weighted by Crippen LogP contribution is 2.39. The van der Waals surface area contributed by atoms with E-state index in [4.69, 9.17) is 11.6 Å². The molecule has 0 spiro atoms. The zero-order chi connectivity index (χ0) is 26.0. The van der Waals surface area contributed by atoms with Gasteiger partial charge < -0.3 is 0 Å². The number of halogens is 2. The predicted molar refractivity (Wildman–Crippen MR) is 153 cm³/mol. The number of rotatable bonds is 8. The fourth-order valence-corrected chi connectivity index (χ4v) is 4.42. The van der Waals surface area contributed by atoms with Crippen LogP contribution in [-0.4, -0.2) is 0 Å². The summed E-state index contributed by atoms with van der Waals surface area (Å²) in [6.45, 7) is 18.9. The molecule has 0 bridgehead atoms. The number of benzene rings is 2. The van der Waals surface area contributed by atoms with Crippen LogP contribution in [0.2, 0.25) is 5.02 Å². The molecule has 0 saturated heterocycles. The first-order chi connectivity index (χ1) is 16.7. The van der Waals surface area contributed by atoms with Crippen molar-refractivity contribution in [2.45, 2.75) is 73.1 Å². The molecule has 0 aromatic heterocycles. The largest absolute Gasteiger partial charge is 0.207 e. The van der Waals surface area contributed by atoms with Gasteiger partial charge in [-0.2, -0.15) is 0 Å². The molecule has 0 amide bonds. The van der Waals surface area contributed by atoms with Gasteiger partial charge in [0, 0.05) is 5.02 Å². The first-order valence-corrected chi connectivity index (χ1v) is 13.0. The third-order valence-corrected chi connectivity index (χ3v) is 6.83. The van der Waals surface area contributed by atoms with Gasteiger partial charge in [0.15, 0.2) is 0 Å². The lowest BCUT2D eigenvalue weighted by molar-refractivity contribution is 0.627. The van der Waals surface area contributed by atoms with Crippen LogP contribution >= 0.6 is 11.6 Å². The molecule has 186 valence electrons. The molecule has 1 aliphatic carbocycles. The van der Waals surface area contributed by atoms with Gasteiger partial charge in [-0.3, -0.25) is 0 Å². The van der Waals surface area contributed by atoms with Crippen LogP contribution in [0.4, 0.5) is 4.39 Å². The standard InChI is InChI=1S/C25H31F.C8H9Cl/c1-7-9-17(2)21(6)18(3)12-13-19(4)23-10-8-11-24(23)25-16-22(26)15-14-20(25)5;1-2-7-3-5-8(9)6-4-7/h12-16H,2,6-11H2,1,3-5H3;3-6H,2H2,1H3/b18-12-,19-13+;. The average Bonchev–Trinajstić information content (AvgIpc) is 3.34. The van der Waals surface area contributed by atoms with Crippen LogP contribution in [-0.2, 0) is 6.42 Å². The lowest BCUT2D eigenvalue weighted by atomic mass is 9.93. The third-order valence-electron chi connectivity index (χ3n) is 6.58. The highest BCUT2D eigenvalue weighted by molar-refractivity contribution is 6.30. The molecule has 35 heavy (non-hydrogen) atoms. The van der Waals surface area contributed by atoms with E-state index < -0.39 is 0 Å². The average molecular weight is 491 g/mol. The highest BCUT2D eigenvalue weighted by atomic mass is 35.5. The lowest BCUT2D eigenvalue weighted by Crippen LogP contribution is -1.92. The number of allylic oxidation sites excluding steroid dienone is 8. The van der Waals surface area contributed by atoms with Crippen LogP contribution in [0.3, 0.4) is 0 Å². The van der Waals surface area contributed by atoms with E-state index in [-0.39, 0.29) is 5.82 Å². The van der Waals surface area contributed by atoms with E-state index in [9.17, 15) is 4.39 Å². The summed E-state index contributed by atoms with van der Waals surface area (Å²) in [6, 6.07) is 13.0. The fraction of sp³-hybridized carbons (Fsp3) is 0.333. The van der Waals surface area contributed by atoms with Crippen LogP contribution in [0.25, 0.3) is 5.57 Å². The van der Waals surface area contributed by atoms with E-state index in [0.717, 1.165) is 71.4 Å². The van der Waals surface area contributed by atoms with Gasteiger partial charge in [0.05, 0.1) is 0 Å². The molecule has 0 radical (unpaired) electrons. The molecule has 2 aromatic carbocycles. The van der Waals surface area contributed by atoms with Crippen molar-refractivity contribution in [3.05, 3.63) is 123 Å². The van der Waals surface area contributed by atoms with Crippen LogP contribution in [0, 0.1) is 12.7 Å².